The van der Waals surface area contributed by atoms with Gasteiger partial charge in [-0.3, -0.25) is 4.79 Å². The van der Waals surface area contributed by atoms with Crippen molar-refractivity contribution >= 4 is 5.97 Å². The van der Waals surface area contributed by atoms with E-state index in [1.54, 1.807) is 13.0 Å². The molecule has 0 radical (unpaired) electrons. The quantitative estimate of drug-likeness (QED) is 0.569. The topological polar surface area (TPSA) is 56.5 Å². The predicted octanol–water partition coefficient (Wildman–Crippen LogP) is 3.73. The smallest absolute Gasteiger partial charge is 0.335 e. The second kappa shape index (κ2) is 9.03. The molecule has 1 aromatic heterocycles. The van der Waals surface area contributed by atoms with Crippen LogP contribution in [-0.4, -0.2) is 12.6 Å². The van der Waals surface area contributed by atoms with Gasteiger partial charge in [0, 0.05) is 6.07 Å². The average molecular weight is 304 g/mol. The van der Waals surface area contributed by atoms with Crippen molar-refractivity contribution in [2.24, 2.45) is 0 Å². The van der Waals surface area contributed by atoms with Crippen LogP contribution in [0.1, 0.15) is 44.9 Å². The van der Waals surface area contributed by atoms with Gasteiger partial charge in [0.2, 0.25) is 0 Å². The Morgan fingerprint density at radius 2 is 1.95 bits per heavy atom. The molecule has 4 heteroatoms. The van der Waals surface area contributed by atoms with E-state index < -0.39 is 11.6 Å². The Labute approximate surface area is 131 Å². The summed E-state index contributed by atoms with van der Waals surface area (Å²) in [5, 5.41) is 0. The first kappa shape index (κ1) is 18.0. The molecule has 0 N–H and O–H groups in total. The lowest BCUT2D eigenvalue weighted by molar-refractivity contribution is -0.141. The van der Waals surface area contributed by atoms with Gasteiger partial charge < -0.3 is 9.15 Å². The Morgan fingerprint density at radius 3 is 2.64 bits per heavy atom. The number of hydrogen-bond donors (Lipinski definition) is 0. The minimum atomic E-state index is -0.455. The summed E-state index contributed by atoms with van der Waals surface area (Å²) in [7, 11) is 0. The Kier molecular flexibility index (Phi) is 7.37. The zero-order valence-corrected chi connectivity index (χ0v) is 13.8. The molecular weight excluding hydrogens is 280 g/mol. The SMILES string of the molecule is CC(C)=CCC/C(C)=C/COC(=O)Cc1oc(=O)ccc1C. The molecule has 0 aromatic carbocycles. The van der Waals surface area contributed by atoms with Gasteiger partial charge >= 0.3 is 11.6 Å². The van der Waals surface area contributed by atoms with Crippen LogP contribution in [0.4, 0.5) is 0 Å². The molecule has 0 saturated heterocycles. The molecule has 0 amide bonds. The van der Waals surface area contributed by atoms with Crippen molar-refractivity contribution in [1.82, 2.24) is 0 Å². The largest absolute Gasteiger partial charge is 0.461 e. The molecule has 120 valence electrons. The molecular formula is C18H24O4. The van der Waals surface area contributed by atoms with Gasteiger partial charge in [0.15, 0.2) is 0 Å². The van der Waals surface area contributed by atoms with E-state index in [1.165, 1.54) is 17.2 Å². The third-order valence-electron chi connectivity index (χ3n) is 3.21. The number of aryl methyl sites for hydroxylation is 1. The number of rotatable bonds is 7. The van der Waals surface area contributed by atoms with Gasteiger partial charge in [0.05, 0.1) is 0 Å². The van der Waals surface area contributed by atoms with E-state index in [9.17, 15) is 9.59 Å². The summed E-state index contributed by atoms with van der Waals surface area (Å²) in [6, 6.07) is 2.98. The zero-order valence-electron chi connectivity index (χ0n) is 13.8. The van der Waals surface area contributed by atoms with Crippen molar-refractivity contribution in [2.75, 3.05) is 6.61 Å². The molecule has 0 aliphatic rings. The van der Waals surface area contributed by atoms with E-state index >= 15 is 0 Å². The molecule has 22 heavy (non-hydrogen) atoms. The third kappa shape index (κ3) is 7.07. The molecule has 1 rings (SSSR count). The average Bonchev–Trinajstić information content (AvgIpc) is 2.42. The monoisotopic (exact) mass is 304 g/mol. The number of allylic oxidation sites excluding steroid dienone is 3. The number of carbonyl (C=O) groups excluding carboxylic acids is 1. The van der Waals surface area contributed by atoms with Crippen molar-refractivity contribution < 1.29 is 13.9 Å². The second-order valence-corrected chi connectivity index (χ2v) is 5.59. The fourth-order valence-corrected chi connectivity index (χ4v) is 1.85. The Bertz CT molecular complexity index is 616. The lowest BCUT2D eigenvalue weighted by Gasteiger charge is -2.04. The normalized spacial score (nSPS) is 11.2. The minimum absolute atomic E-state index is 0.0213. The van der Waals surface area contributed by atoms with Crippen molar-refractivity contribution in [3.8, 4) is 0 Å². The highest BCUT2D eigenvalue weighted by Crippen LogP contribution is 2.08. The second-order valence-electron chi connectivity index (χ2n) is 5.59. The van der Waals surface area contributed by atoms with Gasteiger partial charge in [-0.15, -0.1) is 0 Å². The van der Waals surface area contributed by atoms with Crippen LogP contribution >= 0.6 is 0 Å². The molecule has 0 aliphatic heterocycles. The Balaban J connectivity index is 2.41. The number of hydrogen-bond acceptors (Lipinski definition) is 4. The van der Waals surface area contributed by atoms with E-state index in [-0.39, 0.29) is 13.0 Å². The lowest BCUT2D eigenvalue weighted by Crippen LogP contribution is -2.11. The number of carbonyl (C=O) groups is 1. The van der Waals surface area contributed by atoms with Crippen LogP contribution < -0.4 is 5.63 Å². The van der Waals surface area contributed by atoms with Crippen LogP contribution in [0, 0.1) is 6.92 Å². The molecule has 0 bridgehead atoms. The summed E-state index contributed by atoms with van der Waals surface area (Å²) in [4.78, 5) is 22.9. The fourth-order valence-electron chi connectivity index (χ4n) is 1.85. The molecule has 0 spiro atoms. The summed E-state index contributed by atoms with van der Waals surface area (Å²) in [6.45, 7) is 8.21. The molecule has 1 aromatic rings. The standard InChI is InChI=1S/C18H24O4/c1-13(2)6-5-7-14(3)10-11-21-18(20)12-16-15(4)8-9-17(19)22-16/h6,8-10H,5,7,11-12H2,1-4H3/b14-10+. The van der Waals surface area contributed by atoms with Crippen molar-refractivity contribution in [3.05, 3.63) is 57.2 Å². The fraction of sp³-hybridized carbons (Fsp3) is 0.444. The van der Waals surface area contributed by atoms with Crippen molar-refractivity contribution in [1.29, 1.82) is 0 Å². The highest BCUT2D eigenvalue weighted by molar-refractivity contribution is 5.72. The van der Waals surface area contributed by atoms with E-state index in [2.05, 4.69) is 19.9 Å². The van der Waals surface area contributed by atoms with Crippen LogP contribution in [0.25, 0.3) is 0 Å². The summed E-state index contributed by atoms with van der Waals surface area (Å²) in [5.74, 6) is -0.0347. The number of esters is 1. The molecule has 0 atom stereocenters. The van der Waals surface area contributed by atoms with Gasteiger partial charge in [-0.1, -0.05) is 17.2 Å². The lowest BCUT2D eigenvalue weighted by atomic mass is 10.1. The van der Waals surface area contributed by atoms with Crippen LogP contribution in [0.15, 0.2) is 44.6 Å². The first-order chi connectivity index (χ1) is 10.4. The van der Waals surface area contributed by atoms with E-state index in [0.717, 1.165) is 18.4 Å². The minimum Gasteiger partial charge on any atom is -0.461 e. The van der Waals surface area contributed by atoms with Gasteiger partial charge in [0.25, 0.3) is 0 Å². The molecule has 1 heterocycles. The first-order valence-corrected chi connectivity index (χ1v) is 7.42. The predicted molar refractivity (Wildman–Crippen MR) is 86.8 cm³/mol. The van der Waals surface area contributed by atoms with Crippen LogP contribution in [0.5, 0.6) is 0 Å². The first-order valence-electron chi connectivity index (χ1n) is 7.42. The van der Waals surface area contributed by atoms with Gasteiger partial charge in [-0.05, 0) is 58.2 Å². The highest BCUT2D eigenvalue weighted by Gasteiger charge is 2.09. The maximum Gasteiger partial charge on any atom is 0.335 e. The van der Waals surface area contributed by atoms with Gasteiger partial charge in [-0.2, -0.15) is 0 Å². The van der Waals surface area contributed by atoms with Crippen molar-refractivity contribution in [3.63, 3.8) is 0 Å². The molecule has 0 aliphatic carbocycles. The maximum absolute atomic E-state index is 11.7. The summed E-state index contributed by atoms with van der Waals surface area (Å²) in [6.07, 6.45) is 6.02. The summed E-state index contributed by atoms with van der Waals surface area (Å²) < 4.78 is 10.1. The third-order valence-corrected chi connectivity index (χ3v) is 3.21. The van der Waals surface area contributed by atoms with Gasteiger partial charge in [-0.25, -0.2) is 4.79 Å². The molecule has 0 unspecified atom stereocenters. The van der Waals surface area contributed by atoms with Gasteiger partial charge in [0.1, 0.15) is 18.8 Å². The van der Waals surface area contributed by atoms with Crippen LogP contribution in [0.2, 0.25) is 0 Å². The van der Waals surface area contributed by atoms with Crippen molar-refractivity contribution in [2.45, 2.75) is 47.0 Å². The van der Waals surface area contributed by atoms with Crippen LogP contribution in [0.3, 0.4) is 0 Å². The summed E-state index contributed by atoms with van der Waals surface area (Å²) in [5.41, 5.74) is 2.81. The molecule has 0 saturated carbocycles. The Hall–Kier alpha value is -2.10. The van der Waals surface area contributed by atoms with E-state index in [1.807, 2.05) is 13.0 Å². The maximum atomic E-state index is 11.7. The van der Waals surface area contributed by atoms with E-state index in [4.69, 9.17) is 9.15 Å². The zero-order chi connectivity index (χ0) is 16.5. The highest BCUT2D eigenvalue weighted by atomic mass is 16.5. The Morgan fingerprint density at radius 1 is 1.23 bits per heavy atom. The molecule has 4 nitrogen and oxygen atoms in total. The van der Waals surface area contributed by atoms with E-state index in [0.29, 0.717) is 5.76 Å². The molecule has 0 fully saturated rings. The summed E-state index contributed by atoms with van der Waals surface area (Å²) >= 11 is 0. The van der Waals surface area contributed by atoms with Crippen LogP contribution in [-0.2, 0) is 16.0 Å². The number of ether oxygens (including phenoxy) is 1.